The van der Waals surface area contributed by atoms with Gasteiger partial charge in [0.25, 0.3) is 6.01 Å². The van der Waals surface area contributed by atoms with Crippen LogP contribution in [0.2, 0.25) is 0 Å². The second-order valence-corrected chi connectivity index (χ2v) is 3.21. The fourth-order valence-corrected chi connectivity index (χ4v) is 1.41. The first kappa shape index (κ1) is 9.86. The van der Waals surface area contributed by atoms with Crippen LogP contribution in [0, 0.1) is 12.9 Å². The van der Waals surface area contributed by atoms with Gasteiger partial charge in [-0.15, -0.1) is 0 Å². The van der Waals surface area contributed by atoms with Gasteiger partial charge >= 0.3 is 0 Å². The summed E-state index contributed by atoms with van der Waals surface area (Å²) >= 11 is 0. The molecule has 2 aromatic heterocycles. The first-order valence-corrected chi connectivity index (χ1v) is 4.54. The van der Waals surface area contributed by atoms with Crippen LogP contribution in [-0.4, -0.2) is 10.1 Å². The van der Waals surface area contributed by atoms with E-state index >= 15 is 0 Å². The van der Waals surface area contributed by atoms with E-state index in [0.29, 0.717) is 17.0 Å². The maximum atomic E-state index is 12.7. The van der Waals surface area contributed by atoms with Crippen molar-refractivity contribution in [2.75, 3.05) is 0 Å². The van der Waals surface area contributed by atoms with Crippen LogP contribution in [0.4, 0.5) is 4.39 Å². The van der Waals surface area contributed by atoms with Gasteiger partial charge in [-0.1, -0.05) is 0 Å². The summed E-state index contributed by atoms with van der Waals surface area (Å²) in [5, 5.41) is 9.11. The Labute approximate surface area is 86.2 Å². The SMILES string of the molecule is Cc1ccc(-c2ccc(F)o2)c(CO)n1. The molecule has 0 aliphatic carbocycles. The Morgan fingerprint density at radius 1 is 1.33 bits per heavy atom. The molecular formula is C11H10FNO2. The minimum absolute atomic E-state index is 0.195. The zero-order valence-electron chi connectivity index (χ0n) is 8.20. The normalized spacial score (nSPS) is 10.6. The predicted octanol–water partition coefficient (Wildman–Crippen LogP) is 2.28. The zero-order chi connectivity index (χ0) is 10.8. The molecule has 0 saturated carbocycles. The van der Waals surface area contributed by atoms with Gasteiger partial charge in [-0.2, -0.15) is 4.39 Å². The molecule has 0 fully saturated rings. The van der Waals surface area contributed by atoms with Crippen molar-refractivity contribution in [1.29, 1.82) is 0 Å². The Morgan fingerprint density at radius 2 is 2.13 bits per heavy atom. The standard InChI is InChI=1S/C11H10FNO2/c1-7-2-3-8(9(6-14)13-7)10-4-5-11(12)15-10/h2-5,14H,6H2,1H3. The van der Waals surface area contributed by atoms with Crippen molar-refractivity contribution in [2.45, 2.75) is 13.5 Å². The van der Waals surface area contributed by atoms with Gasteiger partial charge in [0.1, 0.15) is 5.76 Å². The fourth-order valence-electron chi connectivity index (χ4n) is 1.41. The van der Waals surface area contributed by atoms with Gasteiger partial charge in [-0.05, 0) is 25.1 Å². The third-order valence-corrected chi connectivity index (χ3v) is 2.10. The molecule has 0 bridgehead atoms. The van der Waals surface area contributed by atoms with Crippen molar-refractivity contribution in [3.8, 4) is 11.3 Å². The molecule has 4 heteroatoms. The van der Waals surface area contributed by atoms with Gasteiger partial charge in [0, 0.05) is 17.3 Å². The summed E-state index contributed by atoms with van der Waals surface area (Å²) in [7, 11) is 0. The number of rotatable bonds is 2. The molecule has 3 nitrogen and oxygen atoms in total. The first-order chi connectivity index (χ1) is 7.20. The highest BCUT2D eigenvalue weighted by molar-refractivity contribution is 5.60. The quantitative estimate of drug-likeness (QED) is 0.821. The van der Waals surface area contributed by atoms with Crippen molar-refractivity contribution in [3.05, 3.63) is 41.7 Å². The van der Waals surface area contributed by atoms with E-state index in [-0.39, 0.29) is 6.61 Å². The Kier molecular flexibility index (Phi) is 2.51. The van der Waals surface area contributed by atoms with E-state index in [1.165, 1.54) is 12.1 Å². The average Bonchev–Trinajstić information content (AvgIpc) is 2.64. The van der Waals surface area contributed by atoms with Crippen LogP contribution in [0.25, 0.3) is 11.3 Å². The summed E-state index contributed by atoms with van der Waals surface area (Å²) in [5.74, 6) is 0.379. The van der Waals surface area contributed by atoms with Crippen LogP contribution in [-0.2, 0) is 6.61 Å². The molecule has 0 aliphatic heterocycles. The summed E-state index contributed by atoms with van der Waals surface area (Å²) in [6, 6.07) is 5.65. The largest absolute Gasteiger partial charge is 0.431 e. The number of nitrogens with zero attached hydrogens (tertiary/aromatic N) is 1. The molecule has 0 saturated heterocycles. The molecule has 0 aliphatic rings. The van der Waals surface area contributed by atoms with Crippen LogP contribution < -0.4 is 0 Å². The smallest absolute Gasteiger partial charge is 0.278 e. The van der Waals surface area contributed by atoms with Gasteiger partial charge in [0.05, 0.1) is 12.3 Å². The molecule has 0 unspecified atom stereocenters. The van der Waals surface area contributed by atoms with Crippen LogP contribution in [0.3, 0.4) is 0 Å². The molecule has 2 aromatic rings. The maximum absolute atomic E-state index is 12.7. The maximum Gasteiger partial charge on any atom is 0.278 e. The van der Waals surface area contributed by atoms with E-state index < -0.39 is 6.01 Å². The van der Waals surface area contributed by atoms with Gasteiger partial charge < -0.3 is 9.52 Å². The lowest BCUT2D eigenvalue weighted by Crippen LogP contribution is -1.95. The predicted molar refractivity (Wildman–Crippen MR) is 52.6 cm³/mol. The summed E-state index contributed by atoms with van der Waals surface area (Å²) in [5.41, 5.74) is 1.91. The lowest BCUT2D eigenvalue weighted by Gasteiger charge is -2.04. The highest BCUT2D eigenvalue weighted by Gasteiger charge is 2.10. The molecule has 2 heterocycles. The monoisotopic (exact) mass is 207 g/mol. The van der Waals surface area contributed by atoms with Gasteiger partial charge in [0.2, 0.25) is 0 Å². The van der Waals surface area contributed by atoms with Crippen molar-refractivity contribution < 1.29 is 13.9 Å². The Bertz CT molecular complexity index is 479. The number of aliphatic hydroxyl groups excluding tert-OH is 1. The third-order valence-electron chi connectivity index (χ3n) is 2.10. The van der Waals surface area contributed by atoms with E-state index in [1.54, 1.807) is 12.1 Å². The Balaban J connectivity index is 2.52. The van der Waals surface area contributed by atoms with Crippen LogP contribution >= 0.6 is 0 Å². The number of pyridine rings is 1. The summed E-state index contributed by atoms with van der Waals surface area (Å²) in [6.07, 6.45) is 0. The average molecular weight is 207 g/mol. The van der Waals surface area contributed by atoms with Gasteiger partial charge in [0.15, 0.2) is 0 Å². The van der Waals surface area contributed by atoms with E-state index in [1.807, 2.05) is 6.92 Å². The van der Waals surface area contributed by atoms with E-state index in [0.717, 1.165) is 5.69 Å². The summed E-state index contributed by atoms with van der Waals surface area (Å²) < 4.78 is 17.5. The Morgan fingerprint density at radius 3 is 2.73 bits per heavy atom. The molecule has 0 radical (unpaired) electrons. The minimum Gasteiger partial charge on any atom is -0.431 e. The van der Waals surface area contributed by atoms with Crippen LogP contribution in [0.15, 0.2) is 28.7 Å². The molecule has 0 aromatic carbocycles. The topological polar surface area (TPSA) is 46.3 Å². The lowest BCUT2D eigenvalue weighted by molar-refractivity contribution is 0.276. The van der Waals surface area contributed by atoms with Crippen LogP contribution in [0.1, 0.15) is 11.4 Å². The van der Waals surface area contributed by atoms with Crippen molar-refractivity contribution in [3.63, 3.8) is 0 Å². The molecule has 0 spiro atoms. The Hall–Kier alpha value is -1.68. The van der Waals surface area contributed by atoms with Crippen molar-refractivity contribution >= 4 is 0 Å². The number of aliphatic hydroxyl groups is 1. The molecule has 2 rings (SSSR count). The zero-order valence-corrected chi connectivity index (χ0v) is 8.20. The highest BCUT2D eigenvalue weighted by atomic mass is 19.1. The molecule has 0 atom stereocenters. The molecule has 15 heavy (non-hydrogen) atoms. The van der Waals surface area contributed by atoms with Crippen LogP contribution in [0.5, 0.6) is 0 Å². The molecular weight excluding hydrogens is 197 g/mol. The lowest BCUT2D eigenvalue weighted by atomic mass is 10.1. The summed E-state index contributed by atoms with van der Waals surface area (Å²) in [6.45, 7) is 1.63. The summed E-state index contributed by atoms with van der Waals surface area (Å²) in [4.78, 5) is 4.14. The molecule has 78 valence electrons. The van der Waals surface area contributed by atoms with Crippen molar-refractivity contribution in [1.82, 2.24) is 4.98 Å². The van der Waals surface area contributed by atoms with E-state index in [4.69, 9.17) is 9.52 Å². The van der Waals surface area contributed by atoms with Gasteiger partial charge in [-0.25, -0.2) is 0 Å². The highest BCUT2D eigenvalue weighted by Crippen LogP contribution is 2.24. The number of aryl methyl sites for hydroxylation is 1. The second kappa shape index (κ2) is 3.82. The first-order valence-electron chi connectivity index (χ1n) is 4.54. The number of hydrogen-bond acceptors (Lipinski definition) is 3. The number of halogens is 1. The third kappa shape index (κ3) is 1.89. The van der Waals surface area contributed by atoms with Crippen molar-refractivity contribution in [2.24, 2.45) is 0 Å². The number of furan rings is 1. The van der Waals surface area contributed by atoms with E-state index in [9.17, 15) is 4.39 Å². The number of aromatic nitrogens is 1. The fraction of sp³-hybridized carbons (Fsp3) is 0.182. The van der Waals surface area contributed by atoms with E-state index in [2.05, 4.69) is 4.98 Å². The molecule has 0 amide bonds. The minimum atomic E-state index is -0.644. The molecule has 1 N–H and O–H groups in total. The van der Waals surface area contributed by atoms with Gasteiger partial charge in [-0.3, -0.25) is 4.98 Å². The second-order valence-electron chi connectivity index (χ2n) is 3.21. The number of hydrogen-bond donors (Lipinski definition) is 1.